The topological polar surface area (TPSA) is 76.2 Å². The molecule has 0 unspecified atom stereocenters. The summed E-state index contributed by atoms with van der Waals surface area (Å²) in [5.41, 5.74) is 4.90. The molecule has 1 aromatic rings. The SMILES string of the molecule is C[C@](N)(CC(=O)O)c1nccs1. The lowest BCUT2D eigenvalue weighted by Crippen LogP contribution is -2.35. The fourth-order valence-electron chi connectivity index (χ4n) is 0.895. The first-order valence-corrected chi connectivity index (χ1v) is 4.31. The third-order valence-electron chi connectivity index (χ3n) is 1.44. The number of carboxylic acid groups (broad SMARTS) is 1. The highest BCUT2D eigenvalue weighted by atomic mass is 32.1. The molecule has 5 heteroatoms. The van der Waals surface area contributed by atoms with Crippen LogP contribution < -0.4 is 5.73 Å². The summed E-state index contributed by atoms with van der Waals surface area (Å²) in [5, 5.41) is 11.0. The molecule has 66 valence electrons. The van der Waals surface area contributed by atoms with Gasteiger partial charge in [0.05, 0.1) is 12.0 Å². The van der Waals surface area contributed by atoms with Gasteiger partial charge in [0.15, 0.2) is 0 Å². The second-order valence-electron chi connectivity index (χ2n) is 2.83. The monoisotopic (exact) mass is 186 g/mol. The molecule has 12 heavy (non-hydrogen) atoms. The normalized spacial score (nSPS) is 15.5. The average Bonchev–Trinajstić information content (AvgIpc) is 2.32. The molecule has 0 saturated carbocycles. The fraction of sp³-hybridized carbons (Fsp3) is 0.429. The molecule has 0 spiro atoms. The molecule has 3 N–H and O–H groups in total. The van der Waals surface area contributed by atoms with Crippen LogP contribution in [-0.2, 0) is 10.3 Å². The van der Waals surface area contributed by atoms with Crippen LogP contribution in [0.4, 0.5) is 0 Å². The largest absolute Gasteiger partial charge is 0.481 e. The van der Waals surface area contributed by atoms with Gasteiger partial charge < -0.3 is 10.8 Å². The molecule has 4 nitrogen and oxygen atoms in total. The lowest BCUT2D eigenvalue weighted by atomic mass is 10.0. The molecule has 0 radical (unpaired) electrons. The van der Waals surface area contributed by atoms with Gasteiger partial charge in [-0.05, 0) is 6.92 Å². The number of nitrogens with two attached hydrogens (primary N) is 1. The number of carbonyl (C=O) groups is 1. The number of aromatic nitrogens is 1. The molecule has 0 aliphatic heterocycles. The van der Waals surface area contributed by atoms with Gasteiger partial charge in [-0.2, -0.15) is 0 Å². The van der Waals surface area contributed by atoms with E-state index in [1.165, 1.54) is 11.3 Å². The van der Waals surface area contributed by atoms with E-state index in [1.807, 2.05) is 0 Å². The highest BCUT2D eigenvalue weighted by Crippen LogP contribution is 2.23. The predicted octanol–water partition coefficient (Wildman–Crippen LogP) is 0.792. The molecule has 1 aromatic heterocycles. The molecule has 0 saturated heterocycles. The quantitative estimate of drug-likeness (QED) is 0.731. The molecular formula is C7H10N2O2S. The van der Waals surface area contributed by atoms with Crippen LogP contribution in [0.3, 0.4) is 0 Å². The Kier molecular flexibility index (Phi) is 2.44. The first-order chi connectivity index (χ1) is 5.52. The fourth-order valence-corrected chi connectivity index (χ4v) is 1.61. The molecule has 0 aromatic carbocycles. The lowest BCUT2D eigenvalue weighted by molar-refractivity contribution is -0.138. The Bertz CT molecular complexity index is 269. The van der Waals surface area contributed by atoms with Crippen molar-refractivity contribution in [3.63, 3.8) is 0 Å². The van der Waals surface area contributed by atoms with E-state index < -0.39 is 11.5 Å². The second kappa shape index (κ2) is 3.20. The van der Waals surface area contributed by atoms with Crippen molar-refractivity contribution in [2.75, 3.05) is 0 Å². The zero-order valence-electron chi connectivity index (χ0n) is 6.65. The summed E-state index contributed by atoms with van der Waals surface area (Å²) in [5.74, 6) is -0.907. The minimum atomic E-state index is -0.907. The number of nitrogens with zero attached hydrogens (tertiary/aromatic N) is 1. The highest BCUT2D eigenvalue weighted by molar-refractivity contribution is 7.09. The van der Waals surface area contributed by atoms with Crippen molar-refractivity contribution in [3.8, 4) is 0 Å². The van der Waals surface area contributed by atoms with Crippen molar-refractivity contribution in [2.24, 2.45) is 5.73 Å². The van der Waals surface area contributed by atoms with Gasteiger partial charge >= 0.3 is 5.97 Å². The standard InChI is InChI=1S/C7H10N2O2S/c1-7(8,4-5(10)11)6-9-2-3-12-6/h2-3H,4,8H2,1H3,(H,10,11)/t7-/m0/s1. The van der Waals surface area contributed by atoms with Crippen molar-refractivity contribution in [3.05, 3.63) is 16.6 Å². The minimum Gasteiger partial charge on any atom is -0.481 e. The summed E-state index contributed by atoms with van der Waals surface area (Å²) >= 11 is 1.37. The van der Waals surface area contributed by atoms with E-state index in [-0.39, 0.29) is 6.42 Å². The number of thiazole rings is 1. The maximum Gasteiger partial charge on any atom is 0.305 e. The van der Waals surface area contributed by atoms with Gasteiger partial charge in [0.2, 0.25) is 0 Å². The molecule has 0 aliphatic carbocycles. The lowest BCUT2D eigenvalue weighted by Gasteiger charge is -2.18. The van der Waals surface area contributed by atoms with Crippen LogP contribution in [0.25, 0.3) is 0 Å². The van der Waals surface area contributed by atoms with Crippen LogP contribution >= 0.6 is 11.3 Å². The summed E-state index contributed by atoms with van der Waals surface area (Å²) in [6, 6.07) is 0. The molecule has 0 fully saturated rings. The third-order valence-corrected chi connectivity index (χ3v) is 2.49. The van der Waals surface area contributed by atoms with Gasteiger partial charge in [-0.15, -0.1) is 11.3 Å². The van der Waals surface area contributed by atoms with Gasteiger partial charge in [-0.3, -0.25) is 4.79 Å². The zero-order chi connectivity index (χ0) is 9.19. The number of hydrogen-bond acceptors (Lipinski definition) is 4. The molecule has 1 atom stereocenters. The smallest absolute Gasteiger partial charge is 0.305 e. The first-order valence-electron chi connectivity index (χ1n) is 3.43. The molecular weight excluding hydrogens is 176 g/mol. The summed E-state index contributed by atoms with van der Waals surface area (Å²) in [4.78, 5) is 14.4. The molecule has 1 rings (SSSR count). The maximum atomic E-state index is 10.4. The van der Waals surface area contributed by atoms with E-state index in [1.54, 1.807) is 18.5 Å². The van der Waals surface area contributed by atoms with E-state index in [0.717, 1.165) is 0 Å². The maximum absolute atomic E-state index is 10.4. The molecule has 0 amide bonds. The van der Waals surface area contributed by atoms with Gasteiger partial charge in [-0.25, -0.2) is 4.98 Å². The Labute approximate surface area is 74.0 Å². The van der Waals surface area contributed by atoms with Crippen LogP contribution in [0.15, 0.2) is 11.6 Å². The van der Waals surface area contributed by atoms with E-state index in [2.05, 4.69) is 4.98 Å². The van der Waals surface area contributed by atoms with E-state index >= 15 is 0 Å². The Morgan fingerprint density at radius 1 is 1.92 bits per heavy atom. The Balaban J connectivity index is 2.79. The number of hydrogen-bond donors (Lipinski definition) is 2. The van der Waals surface area contributed by atoms with Crippen LogP contribution in [0.5, 0.6) is 0 Å². The number of carboxylic acids is 1. The number of aliphatic carboxylic acids is 1. The van der Waals surface area contributed by atoms with E-state index in [0.29, 0.717) is 5.01 Å². The number of rotatable bonds is 3. The highest BCUT2D eigenvalue weighted by Gasteiger charge is 2.26. The summed E-state index contributed by atoms with van der Waals surface area (Å²) in [7, 11) is 0. The second-order valence-corrected chi connectivity index (χ2v) is 3.72. The Morgan fingerprint density at radius 3 is 3.00 bits per heavy atom. The molecule has 1 heterocycles. The Morgan fingerprint density at radius 2 is 2.58 bits per heavy atom. The summed E-state index contributed by atoms with van der Waals surface area (Å²) in [6.07, 6.45) is 1.52. The molecule has 0 aliphatic rings. The van der Waals surface area contributed by atoms with Crippen molar-refractivity contribution < 1.29 is 9.90 Å². The van der Waals surface area contributed by atoms with Crippen molar-refractivity contribution in [2.45, 2.75) is 18.9 Å². The third kappa shape index (κ3) is 2.02. The predicted molar refractivity (Wildman–Crippen MR) is 45.9 cm³/mol. The van der Waals surface area contributed by atoms with E-state index in [9.17, 15) is 4.79 Å². The zero-order valence-corrected chi connectivity index (χ0v) is 7.47. The molecule has 0 bridgehead atoms. The van der Waals surface area contributed by atoms with Gasteiger partial charge in [0.1, 0.15) is 5.01 Å². The Hall–Kier alpha value is -0.940. The summed E-state index contributed by atoms with van der Waals surface area (Å²) < 4.78 is 0. The first kappa shape index (κ1) is 9.15. The van der Waals surface area contributed by atoms with Crippen molar-refractivity contribution in [1.82, 2.24) is 4.98 Å². The van der Waals surface area contributed by atoms with Crippen molar-refractivity contribution >= 4 is 17.3 Å². The van der Waals surface area contributed by atoms with Gasteiger partial charge in [-0.1, -0.05) is 0 Å². The average molecular weight is 186 g/mol. The van der Waals surface area contributed by atoms with Gasteiger partial charge in [0.25, 0.3) is 0 Å². The van der Waals surface area contributed by atoms with Crippen LogP contribution in [0.2, 0.25) is 0 Å². The van der Waals surface area contributed by atoms with Gasteiger partial charge in [0, 0.05) is 11.6 Å². The van der Waals surface area contributed by atoms with Crippen LogP contribution in [-0.4, -0.2) is 16.1 Å². The van der Waals surface area contributed by atoms with Crippen LogP contribution in [0.1, 0.15) is 18.4 Å². The van der Waals surface area contributed by atoms with Crippen molar-refractivity contribution in [1.29, 1.82) is 0 Å². The van der Waals surface area contributed by atoms with E-state index in [4.69, 9.17) is 10.8 Å². The van der Waals surface area contributed by atoms with Crippen LogP contribution in [0, 0.1) is 0 Å². The minimum absolute atomic E-state index is 0.0967. The summed E-state index contributed by atoms with van der Waals surface area (Å²) in [6.45, 7) is 1.67.